The maximum absolute atomic E-state index is 12.5. The Morgan fingerprint density at radius 2 is 1.90 bits per heavy atom. The van der Waals surface area contributed by atoms with Crippen molar-refractivity contribution in [3.63, 3.8) is 0 Å². The Balaban J connectivity index is 1.71. The molecule has 1 saturated carbocycles. The monoisotopic (exact) mass is 332 g/mol. The van der Waals surface area contributed by atoms with E-state index in [-0.39, 0.29) is 35.1 Å². The van der Waals surface area contributed by atoms with Crippen LogP contribution >= 0.6 is 11.6 Å². The highest BCUT2D eigenvalue weighted by Crippen LogP contribution is 2.31. The lowest BCUT2D eigenvalue weighted by molar-refractivity contribution is -0.133. The van der Waals surface area contributed by atoms with Gasteiger partial charge in [-0.1, -0.05) is 11.6 Å². The van der Waals surface area contributed by atoms with E-state index in [0.717, 1.165) is 12.8 Å². The number of nitrogens with zero attached hydrogens (tertiary/aromatic N) is 4. The normalized spacial score (nSPS) is 20.8. The molecule has 2 fully saturated rings. The summed E-state index contributed by atoms with van der Waals surface area (Å²) < 4.78 is 27.8. The molecule has 0 spiro atoms. The van der Waals surface area contributed by atoms with Crippen molar-refractivity contribution < 1.29 is 13.2 Å². The molecule has 1 amide bonds. The van der Waals surface area contributed by atoms with E-state index < -0.39 is 10.0 Å². The molecule has 1 saturated heterocycles. The fourth-order valence-corrected chi connectivity index (χ4v) is 4.24. The molecule has 1 aliphatic heterocycles. The van der Waals surface area contributed by atoms with Gasteiger partial charge in [0, 0.05) is 39.1 Å². The number of imidazole rings is 1. The number of aryl methyl sites for hydroxylation is 1. The third-order valence-corrected chi connectivity index (χ3v) is 6.29. The minimum absolute atomic E-state index is 0.103. The predicted octanol–water partition coefficient (Wildman–Crippen LogP) is 0.316. The summed E-state index contributed by atoms with van der Waals surface area (Å²) in [7, 11) is -2.05. The molecule has 9 heteroatoms. The van der Waals surface area contributed by atoms with Crippen LogP contribution in [-0.4, -0.2) is 59.3 Å². The number of sulfonamides is 1. The Hall–Kier alpha value is -1.12. The third kappa shape index (κ3) is 2.67. The van der Waals surface area contributed by atoms with Crippen molar-refractivity contribution in [2.24, 2.45) is 13.0 Å². The molecule has 0 aromatic carbocycles. The first kappa shape index (κ1) is 14.8. The zero-order chi connectivity index (χ0) is 15.2. The van der Waals surface area contributed by atoms with Gasteiger partial charge in [-0.3, -0.25) is 4.79 Å². The average molecular weight is 333 g/mol. The minimum Gasteiger partial charge on any atom is -0.340 e. The van der Waals surface area contributed by atoms with Crippen LogP contribution in [0.2, 0.25) is 5.15 Å². The minimum atomic E-state index is -3.69. The first-order valence-corrected chi connectivity index (χ1v) is 8.69. The van der Waals surface area contributed by atoms with E-state index in [1.54, 1.807) is 11.9 Å². The van der Waals surface area contributed by atoms with Gasteiger partial charge in [-0.25, -0.2) is 13.4 Å². The van der Waals surface area contributed by atoms with Crippen molar-refractivity contribution in [3.05, 3.63) is 11.5 Å². The molecule has 0 bridgehead atoms. The molecule has 7 nitrogen and oxygen atoms in total. The SMILES string of the molecule is Cn1cnc(S(=O)(=O)N2CCN(C(=O)C3CC3)CC2)c1Cl. The Labute approximate surface area is 128 Å². The Bertz CT molecular complexity index is 660. The van der Waals surface area contributed by atoms with Crippen molar-refractivity contribution in [3.8, 4) is 0 Å². The molecule has 116 valence electrons. The van der Waals surface area contributed by atoms with Crippen LogP contribution in [0.15, 0.2) is 11.4 Å². The van der Waals surface area contributed by atoms with Crippen molar-refractivity contribution in [2.45, 2.75) is 17.9 Å². The van der Waals surface area contributed by atoms with Crippen molar-refractivity contribution >= 4 is 27.5 Å². The van der Waals surface area contributed by atoms with Gasteiger partial charge in [0.1, 0.15) is 5.15 Å². The van der Waals surface area contributed by atoms with Crippen LogP contribution in [0, 0.1) is 5.92 Å². The van der Waals surface area contributed by atoms with Gasteiger partial charge in [-0.05, 0) is 12.8 Å². The molecule has 0 atom stereocenters. The summed E-state index contributed by atoms with van der Waals surface area (Å²) >= 11 is 5.97. The van der Waals surface area contributed by atoms with Gasteiger partial charge in [-0.2, -0.15) is 4.31 Å². The number of rotatable bonds is 3. The summed E-state index contributed by atoms with van der Waals surface area (Å²) in [5.74, 6) is 0.321. The van der Waals surface area contributed by atoms with Gasteiger partial charge >= 0.3 is 0 Å². The number of hydrogen-bond acceptors (Lipinski definition) is 4. The first-order chi connectivity index (χ1) is 9.91. The van der Waals surface area contributed by atoms with Crippen LogP contribution in [0.1, 0.15) is 12.8 Å². The highest BCUT2D eigenvalue weighted by molar-refractivity contribution is 7.89. The second-order valence-corrected chi connectivity index (χ2v) is 7.67. The van der Waals surface area contributed by atoms with Crippen LogP contribution in [0.4, 0.5) is 0 Å². The van der Waals surface area contributed by atoms with Crippen molar-refractivity contribution in [1.29, 1.82) is 0 Å². The van der Waals surface area contributed by atoms with Gasteiger partial charge in [-0.15, -0.1) is 0 Å². The summed E-state index contributed by atoms with van der Waals surface area (Å²) in [5, 5.41) is -0.0138. The van der Waals surface area contributed by atoms with Gasteiger partial charge in [0.25, 0.3) is 10.0 Å². The van der Waals surface area contributed by atoms with E-state index >= 15 is 0 Å². The summed E-state index contributed by atoms with van der Waals surface area (Å²) in [6.07, 6.45) is 3.30. The average Bonchev–Trinajstić information content (AvgIpc) is 3.26. The van der Waals surface area contributed by atoms with Crippen molar-refractivity contribution in [2.75, 3.05) is 26.2 Å². The lowest BCUT2D eigenvalue weighted by atomic mass is 10.3. The van der Waals surface area contributed by atoms with Crippen LogP contribution in [0.25, 0.3) is 0 Å². The summed E-state index contributed by atoms with van der Waals surface area (Å²) in [5.41, 5.74) is 0. The van der Waals surface area contributed by atoms with Gasteiger partial charge in [0.15, 0.2) is 0 Å². The third-order valence-electron chi connectivity index (χ3n) is 3.90. The van der Waals surface area contributed by atoms with E-state index in [1.807, 2.05) is 0 Å². The van der Waals surface area contributed by atoms with E-state index in [4.69, 9.17) is 11.6 Å². The number of piperazine rings is 1. The highest BCUT2D eigenvalue weighted by atomic mass is 35.5. The summed E-state index contributed by atoms with van der Waals surface area (Å²) in [6, 6.07) is 0. The summed E-state index contributed by atoms with van der Waals surface area (Å²) in [6.45, 7) is 1.43. The fourth-order valence-electron chi connectivity index (χ4n) is 2.43. The van der Waals surface area contributed by atoms with Gasteiger partial charge < -0.3 is 9.47 Å². The van der Waals surface area contributed by atoms with E-state index in [1.165, 1.54) is 15.2 Å². The number of halogens is 1. The van der Waals surface area contributed by atoms with Crippen LogP contribution in [0.3, 0.4) is 0 Å². The van der Waals surface area contributed by atoms with Crippen LogP contribution < -0.4 is 0 Å². The number of aromatic nitrogens is 2. The molecule has 0 unspecified atom stereocenters. The second kappa shape index (κ2) is 5.26. The molecule has 0 radical (unpaired) electrons. The van der Waals surface area contributed by atoms with Gasteiger partial charge in [0.05, 0.1) is 6.33 Å². The molecule has 2 aliphatic rings. The summed E-state index contributed by atoms with van der Waals surface area (Å²) in [4.78, 5) is 17.6. The Morgan fingerprint density at radius 3 is 2.38 bits per heavy atom. The molecular weight excluding hydrogens is 316 g/mol. The highest BCUT2D eigenvalue weighted by Gasteiger charge is 2.37. The number of amides is 1. The maximum atomic E-state index is 12.5. The maximum Gasteiger partial charge on any atom is 0.263 e. The van der Waals surface area contributed by atoms with Crippen LogP contribution in [-0.2, 0) is 21.9 Å². The molecular formula is C12H17ClN4O3S. The number of carbonyl (C=O) groups is 1. The molecule has 3 rings (SSSR count). The molecule has 2 heterocycles. The van der Waals surface area contributed by atoms with E-state index in [2.05, 4.69) is 4.98 Å². The Morgan fingerprint density at radius 1 is 1.29 bits per heavy atom. The molecule has 1 aromatic heterocycles. The zero-order valence-electron chi connectivity index (χ0n) is 11.7. The quantitative estimate of drug-likeness (QED) is 0.798. The molecule has 0 N–H and O–H groups in total. The van der Waals surface area contributed by atoms with E-state index in [0.29, 0.717) is 13.1 Å². The predicted molar refractivity (Wildman–Crippen MR) is 76.3 cm³/mol. The fraction of sp³-hybridized carbons (Fsp3) is 0.667. The second-order valence-electron chi connectivity index (χ2n) is 5.46. The molecule has 1 aliphatic carbocycles. The molecule has 21 heavy (non-hydrogen) atoms. The number of carbonyl (C=O) groups excluding carboxylic acids is 1. The smallest absolute Gasteiger partial charge is 0.263 e. The largest absolute Gasteiger partial charge is 0.340 e. The lowest BCUT2D eigenvalue weighted by Crippen LogP contribution is -2.51. The lowest BCUT2D eigenvalue weighted by Gasteiger charge is -2.33. The Kier molecular flexibility index (Phi) is 3.71. The van der Waals surface area contributed by atoms with Crippen LogP contribution in [0.5, 0.6) is 0 Å². The zero-order valence-corrected chi connectivity index (χ0v) is 13.3. The van der Waals surface area contributed by atoms with Gasteiger partial charge in [0.2, 0.25) is 10.9 Å². The number of hydrogen-bond donors (Lipinski definition) is 0. The first-order valence-electron chi connectivity index (χ1n) is 6.87. The van der Waals surface area contributed by atoms with Crippen molar-refractivity contribution in [1.82, 2.24) is 18.8 Å². The topological polar surface area (TPSA) is 75.5 Å². The standard InChI is InChI=1S/C12H17ClN4O3S/c1-15-8-14-11(10(15)13)21(19,20)17-6-4-16(5-7-17)12(18)9-2-3-9/h8-9H,2-7H2,1H3. The molecule has 1 aromatic rings. The van der Waals surface area contributed by atoms with E-state index in [9.17, 15) is 13.2 Å².